The summed E-state index contributed by atoms with van der Waals surface area (Å²) in [5.41, 5.74) is 0.845. The minimum absolute atomic E-state index is 0.104. The minimum atomic E-state index is -0.333. The van der Waals surface area contributed by atoms with Crippen LogP contribution in [0.4, 0.5) is 0 Å². The lowest BCUT2D eigenvalue weighted by atomic mass is 10.1. The molecule has 0 spiro atoms. The lowest BCUT2D eigenvalue weighted by Gasteiger charge is -2.02. The standard InChI is InChI=1S/C9H10N2O/c10-6-8(7-12)5-9-3-1-2-4-11-9/h1-4,8,12H,5,7H2. The van der Waals surface area contributed by atoms with Gasteiger partial charge < -0.3 is 5.11 Å². The Morgan fingerprint density at radius 1 is 1.58 bits per heavy atom. The van der Waals surface area contributed by atoms with Gasteiger partial charge >= 0.3 is 0 Å². The summed E-state index contributed by atoms with van der Waals surface area (Å²) in [5.74, 6) is -0.333. The second kappa shape index (κ2) is 4.47. The molecule has 0 bridgehead atoms. The number of aliphatic hydroxyl groups excluding tert-OH is 1. The molecule has 0 radical (unpaired) electrons. The molecule has 0 amide bonds. The smallest absolute Gasteiger partial charge is 0.0749 e. The number of hydrogen-bond donors (Lipinski definition) is 1. The zero-order valence-electron chi connectivity index (χ0n) is 6.64. The van der Waals surface area contributed by atoms with E-state index in [-0.39, 0.29) is 12.5 Å². The molecule has 1 N–H and O–H groups in total. The van der Waals surface area contributed by atoms with Crippen LogP contribution >= 0.6 is 0 Å². The Hall–Kier alpha value is -1.40. The topological polar surface area (TPSA) is 56.9 Å². The van der Waals surface area contributed by atoms with Crippen LogP contribution in [0.5, 0.6) is 0 Å². The van der Waals surface area contributed by atoms with Crippen molar-refractivity contribution in [1.82, 2.24) is 4.98 Å². The van der Waals surface area contributed by atoms with Gasteiger partial charge in [0, 0.05) is 18.3 Å². The van der Waals surface area contributed by atoms with E-state index in [2.05, 4.69) is 4.98 Å². The van der Waals surface area contributed by atoms with Crippen molar-refractivity contribution in [3.05, 3.63) is 30.1 Å². The maximum atomic E-state index is 8.74. The molecule has 0 saturated heterocycles. The molecule has 1 heterocycles. The van der Waals surface area contributed by atoms with E-state index in [1.54, 1.807) is 6.20 Å². The first kappa shape index (κ1) is 8.69. The van der Waals surface area contributed by atoms with E-state index < -0.39 is 0 Å². The quantitative estimate of drug-likeness (QED) is 0.713. The molecule has 0 fully saturated rings. The second-order valence-electron chi connectivity index (χ2n) is 2.53. The van der Waals surface area contributed by atoms with E-state index >= 15 is 0 Å². The fraction of sp³-hybridized carbons (Fsp3) is 0.333. The summed E-state index contributed by atoms with van der Waals surface area (Å²) in [5, 5.41) is 17.3. The third-order valence-corrected chi connectivity index (χ3v) is 1.58. The Labute approximate surface area is 71.3 Å². The first-order valence-corrected chi connectivity index (χ1v) is 3.77. The molecule has 1 unspecified atom stereocenters. The van der Waals surface area contributed by atoms with Gasteiger partial charge in [-0.25, -0.2) is 0 Å². The highest BCUT2D eigenvalue weighted by Gasteiger charge is 2.06. The molecular weight excluding hydrogens is 152 g/mol. The molecule has 1 aromatic heterocycles. The Kier molecular flexibility index (Phi) is 3.24. The average Bonchev–Trinajstić information content (AvgIpc) is 2.16. The van der Waals surface area contributed by atoms with Gasteiger partial charge in [-0.05, 0) is 12.1 Å². The van der Waals surface area contributed by atoms with Gasteiger partial charge in [0.25, 0.3) is 0 Å². The molecule has 12 heavy (non-hydrogen) atoms. The normalized spacial score (nSPS) is 12.0. The van der Waals surface area contributed by atoms with E-state index in [4.69, 9.17) is 10.4 Å². The highest BCUT2D eigenvalue weighted by Crippen LogP contribution is 2.03. The van der Waals surface area contributed by atoms with Crippen molar-refractivity contribution in [2.24, 2.45) is 5.92 Å². The molecule has 1 rings (SSSR count). The maximum Gasteiger partial charge on any atom is 0.0749 e. The molecule has 3 nitrogen and oxygen atoms in total. The number of nitriles is 1. The van der Waals surface area contributed by atoms with Gasteiger partial charge in [0.15, 0.2) is 0 Å². The Balaban J connectivity index is 2.58. The van der Waals surface area contributed by atoms with E-state index in [0.29, 0.717) is 6.42 Å². The van der Waals surface area contributed by atoms with Gasteiger partial charge in [0.1, 0.15) is 0 Å². The van der Waals surface area contributed by atoms with Crippen molar-refractivity contribution in [3.63, 3.8) is 0 Å². The zero-order valence-corrected chi connectivity index (χ0v) is 6.64. The Bertz CT molecular complexity index is 266. The lowest BCUT2D eigenvalue weighted by Crippen LogP contribution is -2.07. The molecule has 1 aromatic rings. The molecule has 62 valence electrons. The molecule has 0 aromatic carbocycles. The summed E-state index contributed by atoms with van der Waals surface area (Å²) in [6.07, 6.45) is 2.20. The van der Waals surface area contributed by atoms with Crippen molar-refractivity contribution in [2.45, 2.75) is 6.42 Å². The van der Waals surface area contributed by atoms with Crippen LogP contribution in [0.3, 0.4) is 0 Å². The van der Waals surface area contributed by atoms with E-state index in [1.165, 1.54) is 0 Å². The molecule has 3 heteroatoms. The largest absolute Gasteiger partial charge is 0.395 e. The SMILES string of the molecule is N#CC(CO)Cc1ccccn1. The fourth-order valence-corrected chi connectivity index (χ4v) is 0.922. The van der Waals surface area contributed by atoms with Crippen LogP contribution < -0.4 is 0 Å². The third kappa shape index (κ3) is 2.33. The Morgan fingerprint density at radius 3 is 2.92 bits per heavy atom. The maximum absolute atomic E-state index is 8.74. The van der Waals surface area contributed by atoms with Gasteiger partial charge in [-0.3, -0.25) is 4.98 Å². The number of rotatable bonds is 3. The summed E-state index contributed by atoms with van der Waals surface area (Å²) in [6, 6.07) is 7.55. The lowest BCUT2D eigenvalue weighted by molar-refractivity contribution is 0.255. The minimum Gasteiger partial charge on any atom is -0.395 e. The monoisotopic (exact) mass is 162 g/mol. The zero-order chi connectivity index (χ0) is 8.81. The van der Waals surface area contributed by atoms with Gasteiger partial charge in [-0.2, -0.15) is 5.26 Å². The summed E-state index contributed by atoms with van der Waals surface area (Å²) in [6.45, 7) is -0.104. The molecule has 0 aliphatic rings. The van der Waals surface area contributed by atoms with Crippen LogP contribution in [0, 0.1) is 17.2 Å². The third-order valence-electron chi connectivity index (χ3n) is 1.58. The highest BCUT2D eigenvalue weighted by atomic mass is 16.3. The van der Waals surface area contributed by atoms with Crippen molar-refractivity contribution in [1.29, 1.82) is 5.26 Å². The van der Waals surface area contributed by atoms with E-state index in [0.717, 1.165) is 5.69 Å². The van der Waals surface area contributed by atoms with Gasteiger partial charge in [-0.1, -0.05) is 6.07 Å². The molecule has 1 atom stereocenters. The van der Waals surface area contributed by atoms with Crippen LogP contribution in [-0.4, -0.2) is 16.7 Å². The Morgan fingerprint density at radius 2 is 2.42 bits per heavy atom. The van der Waals surface area contributed by atoms with Crippen molar-refractivity contribution < 1.29 is 5.11 Å². The fourth-order valence-electron chi connectivity index (χ4n) is 0.922. The summed E-state index contributed by atoms with van der Waals surface area (Å²) < 4.78 is 0. The van der Waals surface area contributed by atoms with Crippen LogP contribution in [0.2, 0.25) is 0 Å². The average molecular weight is 162 g/mol. The molecule has 0 saturated carbocycles. The summed E-state index contributed by atoms with van der Waals surface area (Å²) in [4.78, 5) is 4.05. The molecular formula is C9H10N2O. The van der Waals surface area contributed by atoms with Crippen LogP contribution in [-0.2, 0) is 6.42 Å². The first-order valence-electron chi connectivity index (χ1n) is 3.77. The van der Waals surface area contributed by atoms with E-state index in [9.17, 15) is 0 Å². The number of aliphatic hydroxyl groups is 1. The summed E-state index contributed by atoms with van der Waals surface area (Å²) >= 11 is 0. The number of hydrogen-bond acceptors (Lipinski definition) is 3. The highest BCUT2D eigenvalue weighted by molar-refractivity contribution is 5.06. The van der Waals surface area contributed by atoms with Gasteiger partial charge in [0.05, 0.1) is 18.6 Å². The molecule has 0 aliphatic heterocycles. The van der Waals surface area contributed by atoms with Crippen LogP contribution in [0.15, 0.2) is 24.4 Å². The number of aromatic nitrogens is 1. The summed E-state index contributed by atoms with van der Waals surface area (Å²) in [7, 11) is 0. The van der Waals surface area contributed by atoms with Crippen molar-refractivity contribution in [2.75, 3.05) is 6.61 Å². The predicted octanol–water partition coefficient (Wildman–Crippen LogP) is 0.756. The van der Waals surface area contributed by atoms with Gasteiger partial charge in [0.2, 0.25) is 0 Å². The number of pyridine rings is 1. The second-order valence-corrected chi connectivity index (χ2v) is 2.53. The first-order chi connectivity index (χ1) is 5.86. The van der Waals surface area contributed by atoms with Crippen molar-refractivity contribution >= 4 is 0 Å². The van der Waals surface area contributed by atoms with Crippen LogP contribution in [0.1, 0.15) is 5.69 Å². The van der Waals surface area contributed by atoms with Crippen molar-refractivity contribution in [3.8, 4) is 6.07 Å². The predicted molar refractivity (Wildman–Crippen MR) is 44.1 cm³/mol. The van der Waals surface area contributed by atoms with Crippen LogP contribution in [0.25, 0.3) is 0 Å². The number of nitrogens with zero attached hydrogens (tertiary/aromatic N) is 2. The molecule has 0 aliphatic carbocycles. The van der Waals surface area contributed by atoms with Gasteiger partial charge in [-0.15, -0.1) is 0 Å². The van der Waals surface area contributed by atoms with E-state index in [1.807, 2.05) is 24.3 Å².